The molecule has 1 aliphatic carbocycles. The Kier molecular flexibility index (Phi) is 3.84. The Balaban J connectivity index is 1.65. The molecule has 0 fully saturated rings. The molecule has 5 heteroatoms. The third-order valence-electron chi connectivity index (χ3n) is 5.20. The predicted molar refractivity (Wildman–Crippen MR) is 112 cm³/mol. The quantitative estimate of drug-likeness (QED) is 0.525. The molecule has 0 spiro atoms. The first-order chi connectivity index (χ1) is 13.6. The van der Waals surface area contributed by atoms with Crippen LogP contribution in [0.5, 0.6) is 0 Å². The highest BCUT2D eigenvalue weighted by Crippen LogP contribution is 2.45. The molecule has 28 heavy (non-hydrogen) atoms. The van der Waals surface area contributed by atoms with E-state index in [1.807, 2.05) is 43.3 Å². The topological polar surface area (TPSA) is 58.1 Å². The number of hydrogen-bond acceptors (Lipinski definition) is 4. The summed E-state index contributed by atoms with van der Waals surface area (Å²) in [5.74, 6) is -0.115. The highest BCUT2D eigenvalue weighted by Gasteiger charge is 2.25. The number of likely N-dealkylation sites (N-methyl/N-ethyl adjacent to an activating group) is 1. The minimum Gasteiger partial charge on any atom is -0.351 e. The number of fused-ring (bicyclic) bond motifs is 4. The van der Waals surface area contributed by atoms with E-state index in [2.05, 4.69) is 35.6 Å². The van der Waals surface area contributed by atoms with Gasteiger partial charge in [0.25, 0.3) is 5.91 Å². The Labute approximate surface area is 163 Å². The van der Waals surface area contributed by atoms with Crippen LogP contribution >= 0.6 is 0 Å². The molecule has 5 nitrogen and oxygen atoms in total. The first-order valence-electron chi connectivity index (χ1n) is 9.39. The first-order valence-corrected chi connectivity index (χ1v) is 9.39. The molecule has 138 valence electrons. The average molecular weight is 368 g/mol. The summed E-state index contributed by atoms with van der Waals surface area (Å²) in [6, 6.07) is 18.1. The fraction of sp³-hybridized carbons (Fsp3) is 0.174. The summed E-state index contributed by atoms with van der Waals surface area (Å²) in [6.07, 6.45) is 0. The summed E-state index contributed by atoms with van der Waals surface area (Å²) in [5.41, 5.74) is 5.89. The molecule has 5 rings (SSSR count). The number of nitrogens with one attached hydrogen (secondary N) is 1. The van der Waals surface area contributed by atoms with Gasteiger partial charge in [-0.1, -0.05) is 42.5 Å². The van der Waals surface area contributed by atoms with Gasteiger partial charge in [-0.2, -0.15) is 0 Å². The molecule has 0 saturated heterocycles. The highest BCUT2D eigenvalue weighted by atomic mass is 16.1. The van der Waals surface area contributed by atoms with Crippen LogP contribution in [0.15, 0.2) is 54.6 Å². The van der Waals surface area contributed by atoms with Crippen molar-refractivity contribution in [3.05, 3.63) is 60.2 Å². The molecule has 1 amide bonds. The summed E-state index contributed by atoms with van der Waals surface area (Å²) in [5, 5.41) is 5.35. The molecular formula is C23H20N4O. The van der Waals surface area contributed by atoms with Gasteiger partial charge in [0.2, 0.25) is 0 Å². The van der Waals surface area contributed by atoms with Crippen LogP contribution in [-0.4, -0.2) is 48.0 Å². The normalized spacial score (nSPS) is 12.0. The predicted octanol–water partition coefficient (Wildman–Crippen LogP) is 3.72. The van der Waals surface area contributed by atoms with E-state index in [9.17, 15) is 4.79 Å². The zero-order chi connectivity index (χ0) is 19.3. The second kappa shape index (κ2) is 6.39. The number of nitrogens with zero attached hydrogens (tertiary/aromatic N) is 3. The van der Waals surface area contributed by atoms with E-state index in [0.717, 1.165) is 34.6 Å². The molecule has 0 atom stereocenters. The summed E-state index contributed by atoms with van der Waals surface area (Å²) < 4.78 is 0. The largest absolute Gasteiger partial charge is 0.351 e. The van der Waals surface area contributed by atoms with Gasteiger partial charge in [0, 0.05) is 29.6 Å². The van der Waals surface area contributed by atoms with Gasteiger partial charge in [0.05, 0.1) is 22.5 Å². The van der Waals surface area contributed by atoms with Crippen molar-refractivity contribution in [2.45, 2.75) is 0 Å². The van der Waals surface area contributed by atoms with Gasteiger partial charge < -0.3 is 10.2 Å². The van der Waals surface area contributed by atoms with Crippen molar-refractivity contribution >= 4 is 27.7 Å². The second-order valence-electron chi connectivity index (χ2n) is 7.36. The van der Waals surface area contributed by atoms with Crippen LogP contribution in [0.3, 0.4) is 0 Å². The summed E-state index contributed by atoms with van der Waals surface area (Å²) >= 11 is 0. The number of benzene rings is 3. The Hall–Kier alpha value is -3.31. The van der Waals surface area contributed by atoms with Gasteiger partial charge in [-0.15, -0.1) is 0 Å². The van der Waals surface area contributed by atoms with E-state index in [1.165, 1.54) is 10.8 Å². The first kappa shape index (κ1) is 16.8. The van der Waals surface area contributed by atoms with Crippen molar-refractivity contribution in [1.82, 2.24) is 20.2 Å². The van der Waals surface area contributed by atoms with Crippen molar-refractivity contribution in [2.24, 2.45) is 0 Å². The highest BCUT2D eigenvalue weighted by molar-refractivity contribution is 6.15. The molecular weight excluding hydrogens is 348 g/mol. The molecule has 1 N–H and O–H groups in total. The maximum atomic E-state index is 12.8. The minimum atomic E-state index is -0.115. The van der Waals surface area contributed by atoms with Gasteiger partial charge in [-0.05, 0) is 31.6 Å². The van der Waals surface area contributed by atoms with E-state index < -0.39 is 0 Å². The SMILES string of the molecule is CN(C)CCNC(=O)c1cccc2nc3c(nc12)-c1cccc2cccc-3c12. The molecule has 0 aliphatic heterocycles. The van der Waals surface area contributed by atoms with E-state index in [-0.39, 0.29) is 5.91 Å². The lowest BCUT2D eigenvalue weighted by atomic mass is 10.0. The maximum Gasteiger partial charge on any atom is 0.253 e. The molecule has 1 heterocycles. The van der Waals surface area contributed by atoms with Crippen LogP contribution in [0.25, 0.3) is 44.3 Å². The van der Waals surface area contributed by atoms with Crippen molar-refractivity contribution in [1.29, 1.82) is 0 Å². The monoisotopic (exact) mass is 368 g/mol. The molecule has 0 unspecified atom stereocenters. The van der Waals surface area contributed by atoms with Crippen LogP contribution < -0.4 is 5.32 Å². The fourth-order valence-corrected chi connectivity index (χ4v) is 3.86. The summed E-state index contributed by atoms with van der Waals surface area (Å²) in [4.78, 5) is 24.6. The van der Waals surface area contributed by atoms with Crippen molar-refractivity contribution in [2.75, 3.05) is 27.2 Å². The molecule has 3 aromatic carbocycles. The zero-order valence-electron chi connectivity index (χ0n) is 15.9. The number of amides is 1. The lowest BCUT2D eigenvalue weighted by Crippen LogP contribution is -2.31. The van der Waals surface area contributed by atoms with Crippen LogP contribution in [0.1, 0.15) is 10.4 Å². The molecule has 1 aliphatic rings. The molecule has 4 aromatic rings. The smallest absolute Gasteiger partial charge is 0.253 e. The Morgan fingerprint density at radius 2 is 1.61 bits per heavy atom. The van der Waals surface area contributed by atoms with Crippen molar-refractivity contribution < 1.29 is 4.79 Å². The third-order valence-corrected chi connectivity index (χ3v) is 5.20. The number of carbonyl (C=O) groups is 1. The van der Waals surface area contributed by atoms with E-state index in [0.29, 0.717) is 17.6 Å². The standard InChI is InChI=1S/C23H20N4O/c1-27(2)13-12-24-23(28)17-10-5-11-18-20(17)26-22-16-9-4-7-14-6-3-8-15(19(14)16)21(22)25-18/h3-11H,12-13H2,1-2H3,(H,24,28). The lowest BCUT2D eigenvalue weighted by Gasteiger charge is -2.12. The number of para-hydroxylation sites is 1. The number of carbonyl (C=O) groups excluding carboxylic acids is 1. The molecule has 1 aromatic heterocycles. The van der Waals surface area contributed by atoms with E-state index in [1.54, 1.807) is 0 Å². The Morgan fingerprint density at radius 3 is 2.32 bits per heavy atom. The average Bonchev–Trinajstić information content (AvgIpc) is 3.01. The van der Waals surface area contributed by atoms with Gasteiger partial charge in [-0.3, -0.25) is 4.79 Å². The summed E-state index contributed by atoms with van der Waals surface area (Å²) in [7, 11) is 3.97. The lowest BCUT2D eigenvalue weighted by molar-refractivity contribution is 0.0952. The van der Waals surface area contributed by atoms with Gasteiger partial charge in [0.1, 0.15) is 5.52 Å². The Bertz CT molecular complexity index is 1240. The Morgan fingerprint density at radius 1 is 0.929 bits per heavy atom. The number of aromatic nitrogens is 2. The van der Waals surface area contributed by atoms with E-state index in [4.69, 9.17) is 9.97 Å². The number of rotatable bonds is 4. The zero-order valence-corrected chi connectivity index (χ0v) is 15.9. The maximum absolute atomic E-state index is 12.8. The van der Waals surface area contributed by atoms with Gasteiger partial charge >= 0.3 is 0 Å². The van der Waals surface area contributed by atoms with E-state index >= 15 is 0 Å². The van der Waals surface area contributed by atoms with Crippen LogP contribution in [0, 0.1) is 0 Å². The minimum absolute atomic E-state index is 0.115. The third kappa shape index (κ3) is 2.55. The molecule has 0 bridgehead atoms. The second-order valence-corrected chi connectivity index (χ2v) is 7.36. The molecule has 0 radical (unpaired) electrons. The van der Waals surface area contributed by atoms with Crippen LogP contribution in [0.2, 0.25) is 0 Å². The van der Waals surface area contributed by atoms with Gasteiger partial charge in [0.15, 0.2) is 0 Å². The van der Waals surface area contributed by atoms with Crippen LogP contribution in [-0.2, 0) is 0 Å². The summed E-state index contributed by atoms with van der Waals surface area (Å²) in [6.45, 7) is 1.38. The van der Waals surface area contributed by atoms with Gasteiger partial charge in [-0.25, -0.2) is 9.97 Å². The number of hydrogen-bond donors (Lipinski definition) is 1. The van der Waals surface area contributed by atoms with Crippen LogP contribution in [0.4, 0.5) is 0 Å². The fourth-order valence-electron chi connectivity index (χ4n) is 3.86. The van der Waals surface area contributed by atoms with Crippen molar-refractivity contribution in [3.8, 4) is 22.5 Å². The molecule has 0 saturated carbocycles. The van der Waals surface area contributed by atoms with Crippen molar-refractivity contribution in [3.63, 3.8) is 0 Å².